The second-order valence-corrected chi connectivity index (χ2v) is 7.57. The minimum atomic E-state index is -0.633. The Labute approximate surface area is 197 Å². The number of nitrogens with zero attached hydrogens (tertiary/aromatic N) is 3. The zero-order valence-electron chi connectivity index (χ0n) is 18.5. The number of amides is 1. The number of aromatic hydroxyl groups is 1. The third kappa shape index (κ3) is 4.44. The molecule has 0 aliphatic carbocycles. The smallest absolute Gasteiger partial charge is 0.302 e. The van der Waals surface area contributed by atoms with Gasteiger partial charge in [0, 0.05) is 10.9 Å². The maximum Gasteiger partial charge on any atom is 0.302 e. The van der Waals surface area contributed by atoms with Gasteiger partial charge in [-0.05, 0) is 54.6 Å². The van der Waals surface area contributed by atoms with Crippen molar-refractivity contribution < 1.29 is 19.4 Å². The lowest BCUT2D eigenvalue weighted by atomic mass is 10.2. The molecule has 0 atom stereocenters. The van der Waals surface area contributed by atoms with Crippen molar-refractivity contribution >= 4 is 33.4 Å². The van der Waals surface area contributed by atoms with Crippen LogP contribution in [0.3, 0.4) is 0 Å². The van der Waals surface area contributed by atoms with E-state index < -0.39 is 5.91 Å². The quantitative estimate of drug-likeness (QED) is 0.313. The number of benzene rings is 3. The Balaban J connectivity index is 1.26. The number of ether oxygens (including phenoxy) is 2. The molecule has 10 heteroatoms. The number of aromatic amines is 2. The molecule has 2 heterocycles. The van der Waals surface area contributed by atoms with Gasteiger partial charge in [0.15, 0.2) is 12.3 Å². The Morgan fingerprint density at radius 3 is 2.57 bits per heavy atom. The fourth-order valence-corrected chi connectivity index (χ4v) is 3.58. The van der Waals surface area contributed by atoms with E-state index in [1.165, 1.54) is 7.11 Å². The van der Waals surface area contributed by atoms with Gasteiger partial charge in [0.2, 0.25) is 5.88 Å². The van der Waals surface area contributed by atoms with Crippen LogP contribution in [0, 0.1) is 0 Å². The standard InChI is InChI=1S/C25H19N5O5/c1-34-16-10-11-20-18(12-16)22(25(33)27-20)30-29-21(31)13-35-15-8-6-14(7-9-15)23-26-19-5-3-2-4-17(19)24(32)28-23/h2-12,27,33H,13H2,1H3,(H,26,28,32). The van der Waals surface area contributed by atoms with Crippen molar-refractivity contribution in [1.82, 2.24) is 15.0 Å². The van der Waals surface area contributed by atoms with Gasteiger partial charge in [-0.15, -0.1) is 10.2 Å². The molecule has 0 bridgehead atoms. The van der Waals surface area contributed by atoms with Gasteiger partial charge < -0.3 is 24.5 Å². The number of hydrogen-bond acceptors (Lipinski definition) is 7. The van der Waals surface area contributed by atoms with Crippen molar-refractivity contribution in [2.45, 2.75) is 0 Å². The number of aromatic nitrogens is 3. The highest BCUT2D eigenvalue weighted by Crippen LogP contribution is 2.37. The number of nitrogens with one attached hydrogen (secondary N) is 2. The first-order valence-corrected chi connectivity index (χ1v) is 10.6. The van der Waals surface area contributed by atoms with Crippen LogP contribution in [0.4, 0.5) is 5.69 Å². The number of carbonyl (C=O) groups excluding carboxylic acids is 1. The van der Waals surface area contributed by atoms with E-state index in [2.05, 4.69) is 25.2 Å². The molecule has 0 saturated carbocycles. The molecule has 3 aromatic carbocycles. The number of rotatable bonds is 6. The summed E-state index contributed by atoms with van der Waals surface area (Å²) in [6, 6.07) is 19.0. The minimum Gasteiger partial charge on any atom is -0.497 e. The average molecular weight is 469 g/mol. The van der Waals surface area contributed by atoms with Crippen LogP contribution in [0.2, 0.25) is 0 Å². The van der Waals surface area contributed by atoms with E-state index in [1.807, 2.05) is 6.07 Å². The molecule has 1 amide bonds. The van der Waals surface area contributed by atoms with Gasteiger partial charge >= 0.3 is 5.91 Å². The van der Waals surface area contributed by atoms with Crippen LogP contribution in [-0.2, 0) is 4.79 Å². The number of fused-ring (bicyclic) bond motifs is 2. The predicted molar refractivity (Wildman–Crippen MR) is 129 cm³/mol. The van der Waals surface area contributed by atoms with Crippen molar-refractivity contribution in [3.63, 3.8) is 0 Å². The highest BCUT2D eigenvalue weighted by Gasteiger charge is 2.12. The third-order valence-electron chi connectivity index (χ3n) is 5.32. The molecule has 10 nitrogen and oxygen atoms in total. The van der Waals surface area contributed by atoms with Gasteiger partial charge in [-0.25, -0.2) is 4.98 Å². The number of para-hydroxylation sites is 1. The molecule has 35 heavy (non-hydrogen) atoms. The second kappa shape index (κ2) is 9.10. The Bertz CT molecular complexity index is 1640. The van der Waals surface area contributed by atoms with Crippen molar-refractivity contribution in [2.75, 3.05) is 13.7 Å². The summed E-state index contributed by atoms with van der Waals surface area (Å²) in [4.78, 5) is 34.5. The van der Waals surface area contributed by atoms with E-state index in [9.17, 15) is 14.7 Å². The predicted octanol–water partition coefficient (Wildman–Crippen LogP) is 4.47. The van der Waals surface area contributed by atoms with Crippen LogP contribution in [0.15, 0.2) is 81.8 Å². The SMILES string of the molecule is COc1ccc2[nH]c(O)c(N=NC(=O)COc3ccc(-c4nc5ccccc5c(=O)[nH]4)cc3)c2c1. The lowest BCUT2D eigenvalue weighted by Crippen LogP contribution is -2.09. The van der Waals surface area contributed by atoms with Crippen molar-refractivity contribution in [2.24, 2.45) is 10.2 Å². The fourth-order valence-electron chi connectivity index (χ4n) is 3.58. The highest BCUT2D eigenvalue weighted by molar-refractivity contribution is 5.95. The fraction of sp³-hybridized carbons (Fsp3) is 0.0800. The molecule has 0 unspecified atom stereocenters. The van der Waals surface area contributed by atoms with Crippen molar-refractivity contribution in [1.29, 1.82) is 0 Å². The zero-order chi connectivity index (χ0) is 24.4. The topological polar surface area (TPSA) is 142 Å². The second-order valence-electron chi connectivity index (χ2n) is 7.57. The van der Waals surface area contributed by atoms with E-state index in [1.54, 1.807) is 60.7 Å². The van der Waals surface area contributed by atoms with Gasteiger partial charge in [0.25, 0.3) is 5.56 Å². The van der Waals surface area contributed by atoms with Gasteiger partial charge in [-0.1, -0.05) is 12.1 Å². The van der Waals surface area contributed by atoms with Crippen molar-refractivity contribution in [3.8, 4) is 28.8 Å². The summed E-state index contributed by atoms with van der Waals surface area (Å²) in [5.41, 5.74) is 1.83. The molecule has 5 aromatic rings. The zero-order valence-corrected chi connectivity index (χ0v) is 18.5. The van der Waals surface area contributed by atoms with Crippen molar-refractivity contribution in [3.05, 3.63) is 77.1 Å². The number of azo groups is 1. The Morgan fingerprint density at radius 2 is 1.77 bits per heavy atom. The molecular formula is C25H19N5O5. The van der Waals surface area contributed by atoms with Gasteiger partial charge in [-0.2, -0.15) is 0 Å². The van der Waals surface area contributed by atoms with Gasteiger partial charge in [-0.3, -0.25) is 9.59 Å². The highest BCUT2D eigenvalue weighted by atomic mass is 16.5. The Hall–Kier alpha value is -4.99. The monoisotopic (exact) mass is 469 g/mol. The maximum absolute atomic E-state index is 12.3. The van der Waals surface area contributed by atoms with Crippen LogP contribution in [0.1, 0.15) is 0 Å². The largest absolute Gasteiger partial charge is 0.497 e. The number of hydrogen-bond donors (Lipinski definition) is 3. The first kappa shape index (κ1) is 21.8. The average Bonchev–Trinajstić information content (AvgIpc) is 3.20. The lowest BCUT2D eigenvalue weighted by Gasteiger charge is -2.06. The van der Waals surface area contributed by atoms with E-state index in [0.717, 1.165) is 0 Å². The Morgan fingerprint density at radius 1 is 1.00 bits per heavy atom. The molecule has 174 valence electrons. The van der Waals surface area contributed by atoms with Crippen LogP contribution in [-0.4, -0.2) is 39.7 Å². The lowest BCUT2D eigenvalue weighted by molar-refractivity contribution is -0.120. The first-order valence-electron chi connectivity index (χ1n) is 10.6. The normalized spacial score (nSPS) is 11.3. The molecule has 0 spiro atoms. The first-order chi connectivity index (χ1) is 17.0. The molecule has 3 N–H and O–H groups in total. The van der Waals surface area contributed by atoms with E-state index in [0.29, 0.717) is 44.7 Å². The molecule has 0 aliphatic rings. The maximum atomic E-state index is 12.3. The number of carbonyl (C=O) groups is 1. The summed E-state index contributed by atoms with van der Waals surface area (Å²) in [5.74, 6) is 0.599. The molecule has 2 aromatic heterocycles. The minimum absolute atomic E-state index is 0.133. The molecule has 0 aliphatic heterocycles. The summed E-state index contributed by atoms with van der Waals surface area (Å²) in [5, 5.41) is 18.7. The Kier molecular flexibility index (Phi) is 5.68. The van der Waals surface area contributed by atoms with Crippen LogP contribution in [0.5, 0.6) is 17.4 Å². The van der Waals surface area contributed by atoms with Gasteiger partial charge in [0.1, 0.15) is 17.3 Å². The summed E-state index contributed by atoms with van der Waals surface area (Å²) >= 11 is 0. The summed E-state index contributed by atoms with van der Waals surface area (Å²) in [7, 11) is 1.53. The van der Waals surface area contributed by atoms with E-state index >= 15 is 0 Å². The summed E-state index contributed by atoms with van der Waals surface area (Å²) < 4.78 is 10.7. The molecule has 0 saturated heterocycles. The molecule has 0 fully saturated rings. The van der Waals surface area contributed by atoms with Crippen LogP contribution >= 0.6 is 0 Å². The van der Waals surface area contributed by atoms with Crippen LogP contribution in [0.25, 0.3) is 33.2 Å². The summed E-state index contributed by atoms with van der Waals surface area (Å²) in [6.07, 6.45) is 0. The van der Waals surface area contributed by atoms with E-state index in [-0.39, 0.29) is 23.7 Å². The number of H-pyrrole nitrogens is 2. The van der Waals surface area contributed by atoms with E-state index in [4.69, 9.17) is 9.47 Å². The third-order valence-corrected chi connectivity index (χ3v) is 5.32. The molecule has 5 rings (SSSR count). The van der Waals surface area contributed by atoms with Crippen LogP contribution < -0.4 is 15.0 Å². The molecular weight excluding hydrogens is 450 g/mol. The number of methoxy groups -OCH3 is 1. The van der Waals surface area contributed by atoms with Gasteiger partial charge in [0.05, 0.1) is 23.5 Å². The summed E-state index contributed by atoms with van der Waals surface area (Å²) in [6.45, 7) is -0.347. The molecule has 0 radical (unpaired) electrons.